The zero-order chi connectivity index (χ0) is 14.5. The molecule has 2 aromatic carbocycles. The van der Waals surface area contributed by atoms with Gasteiger partial charge in [-0.05, 0) is 25.3 Å². The fourth-order valence-electron chi connectivity index (χ4n) is 2.19. The van der Waals surface area contributed by atoms with E-state index in [1.807, 2.05) is 55.6 Å². The SMILES string of the molecule is COc1ccc(C)cc1CC(=O)c1ccccc1SC. The van der Waals surface area contributed by atoms with Gasteiger partial charge in [0, 0.05) is 22.4 Å². The summed E-state index contributed by atoms with van der Waals surface area (Å²) in [6.07, 6.45) is 2.35. The van der Waals surface area contributed by atoms with E-state index in [0.717, 1.165) is 27.3 Å². The van der Waals surface area contributed by atoms with E-state index in [-0.39, 0.29) is 5.78 Å². The number of benzene rings is 2. The molecule has 0 aromatic heterocycles. The topological polar surface area (TPSA) is 26.3 Å². The molecule has 0 bridgehead atoms. The predicted molar refractivity (Wildman–Crippen MR) is 84.0 cm³/mol. The first-order chi connectivity index (χ1) is 9.65. The Bertz CT molecular complexity index is 620. The van der Waals surface area contributed by atoms with E-state index in [9.17, 15) is 4.79 Å². The summed E-state index contributed by atoms with van der Waals surface area (Å²) >= 11 is 1.60. The highest BCUT2D eigenvalue weighted by Crippen LogP contribution is 2.25. The number of ether oxygens (including phenoxy) is 1. The lowest BCUT2D eigenvalue weighted by Crippen LogP contribution is -2.06. The van der Waals surface area contributed by atoms with Crippen molar-refractivity contribution in [1.29, 1.82) is 0 Å². The second-order valence-electron chi connectivity index (χ2n) is 4.62. The number of thioether (sulfide) groups is 1. The van der Waals surface area contributed by atoms with Crippen molar-refractivity contribution in [3.05, 3.63) is 59.2 Å². The summed E-state index contributed by atoms with van der Waals surface area (Å²) in [5, 5.41) is 0. The molecule has 0 saturated carbocycles. The van der Waals surface area contributed by atoms with Crippen LogP contribution < -0.4 is 4.74 Å². The van der Waals surface area contributed by atoms with Crippen molar-refractivity contribution in [3.8, 4) is 5.75 Å². The van der Waals surface area contributed by atoms with Gasteiger partial charge in [-0.1, -0.05) is 35.9 Å². The number of hydrogen-bond donors (Lipinski definition) is 0. The van der Waals surface area contributed by atoms with Crippen LogP contribution in [-0.2, 0) is 6.42 Å². The van der Waals surface area contributed by atoms with Gasteiger partial charge < -0.3 is 4.74 Å². The third-order valence-corrected chi connectivity index (χ3v) is 3.99. The van der Waals surface area contributed by atoms with Crippen molar-refractivity contribution in [2.45, 2.75) is 18.2 Å². The Morgan fingerprint density at radius 3 is 2.65 bits per heavy atom. The molecule has 0 radical (unpaired) electrons. The van der Waals surface area contributed by atoms with E-state index in [0.29, 0.717) is 6.42 Å². The van der Waals surface area contributed by atoms with Gasteiger partial charge in [0.05, 0.1) is 7.11 Å². The summed E-state index contributed by atoms with van der Waals surface area (Å²) in [6.45, 7) is 2.02. The third-order valence-electron chi connectivity index (χ3n) is 3.19. The maximum atomic E-state index is 12.5. The third kappa shape index (κ3) is 3.23. The van der Waals surface area contributed by atoms with Crippen LogP contribution in [0.1, 0.15) is 21.5 Å². The maximum Gasteiger partial charge on any atom is 0.168 e. The number of carbonyl (C=O) groups excluding carboxylic acids is 1. The molecule has 2 aromatic rings. The minimum absolute atomic E-state index is 0.124. The number of hydrogen-bond acceptors (Lipinski definition) is 3. The quantitative estimate of drug-likeness (QED) is 0.610. The molecule has 3 heteroatoms. The van der Waals surface area contributed by atoms with Crippen molar-refractivity contribution in [1.82, 2.24) is 0 Å². The van der Waals surface area contributed by atoms with Crippen molar-refractivity contribution in [2.24, 2.45) is 0 Å². The lowest BCUT2D eigenvalue weighted by molar-refractivity contribution is 0.0989. The highest BCUT2D eigenvalue weighted by molar-refractivity contribution is 7.98. The lowest BCUT2D eigenvalue weighted by Gasteiger charge is -2.10. The molecule has 2 rings (SSSR count). The molecule has 0 heterocycles. The summed E-state index contributed by atoms with van der Waals surface area (Å²) < 4.78 is 5.34. The fraction of sp³-hybridized carbons (Fsp3) is 0.235. The van der Waals surface area contributed by atoms with Gasteiger partial charge in [0.1, 0.15) is 5.75 Å². The number of rotatable bonds is 5. The smallest absolute Gasteiger partial charge is 0.168 e. The Morgan fingerprint density at radius 1 is 1.20 bits per heavy atom. The van der Waals surface area contributed by atoms with Crippen LogP contribution in [0.5, 0.6) is 5.75 Å². The van der Waals surface area contributed by atoms with Crippen LogP contribution in [0.4, 0.5) is 0 Å². The highest BCUT2D eigenvalue weighted by Gasteiger charge is 2.14. The Kier molecular flexibility index (Phi) is 4.85. The molecule has 104 valence electrons. The first-order valence-corrected chi connectivity index (χ1v) is 7.68. The molecule has 0 N–H and O–H groups in total. The van der Waals surface area contributed by atoms with Crippen molar-refractivity contribution in [2.75, 3.05) is 13.4 Å². The van der Waals surface area contributed by atoms with Gasteiger partial charge in [0.2, 0.25) is 0 Å². The zero-order valence-corrected chi connectivity index (χ0v) is 12.8. The molecule has 0 aliphatic rings. The van der Waals surface area contributed by atoms with E-state index >= 15 is 0 Å². The predicted octanol–water partition coefficient (Wildman–Crippen LogP) is 4.15. The van der Waals surface area contributed by atoms with Gasteiger partial charge in [0.15, 0.2) is 5.78 Å². The Hall–Kier alpha value is -1.74. The van der Waals surface area contributed by atoms with Crippen molar-refractivity contribution in [3.63, 3.8) is 0 Å². The zero-order valence-electron chi connectivity index (χ0n) is 12.0. The Balaban J connectivity index is 2.30. The minimum Gasteiger partial charge on any atom is -0.496 e. The van der Waals surface area contributed by atoms with Crippen LogP contribution in [0.3, 0.4) is 0 Å². The van der Waals surface area contributed by atoms with Gasteiger partial charge in [-0.3, -0.25) is 4.79 Å². The minimum atomic E-state index is 0.124. The molecule has 0 fully saturated rings. The highest BCUT2D eigenvalue weighted by atomic mass is 32.2. The summed E-state index contributed by atoms with van der Waals surface area (Å²) in [5.41, 5.74) is 2.85. The molecule has 0 atom stereocenters. The summed E-state index contributed by atoms with van der Waals surface area (Å²) in [6, 6.07) is 13.6. The van der Waals surface area contributed by atoms with Crippen LogP contribution in [-0.4, -0.2) is 19.1 Å². The van der Waals surface area contributed by atoms with Crippen LogP contribution in [0.25, 0.3) is 0 Å². The second kappa shape index (κ2) is 6.62. The molecule has 0 spiro atoms. The van der Waals surface area contributed by atoms with Crippen molar-refractivity contribution < 1.29 is 9.53 Å². The summed E-state index contributed by atoms with van der Waals surface area (Å²) in [7, 11) is 1.63. The van der Waals surface area contributed by atoms with E-state index in [1.165, 1.54) is 0 Å². The largest absolute Gasteiger partial charge is 0.496 e. The fourth-order valence-corrected chi connectivity index (χ4v) is 2.81. The van der Waals surface area contributed by atoms with E-state index < -0.39 is 0 Å². The molecule has 0 aliphatic heterocycles. The first-order valence-electron chi connectivity index (χ1n) is 6.45. The van der Waals surface area contributed by atoms with E-state index in [2.05, 4.69) is 0 Å². The molecular weight excluding hydrogens is 268 g/mol. The van der Waals surface area contributed by atoms with E-state index in [4.69, 9.17) is 4.74 Å². The average Bonchev–Trinajstić information content (AvgIpc) is 2.47. The molecular formula is C17H18O2S. The normalized spacial score (nSPS) is 10.3. The van der Waals surface area contributed by atoms with Gasteiger partial charge >= 0.3 is 0 Å². The number of aryl methyl sites for hydroxylation is 1. The first kappa shape index (κ1) is 14.7. The Labute approximate surface area is 124 Å². The number of Topliss-reactive ketones (excluding diaryl/α,β-unsaturated/α-hetero) is 1. The Morgan fingerprint density at radius 2 is 1.95 bits per heavy atom. The average molecular weight is 286 g/mol. The maximum absolute atomic E-state index is 12.5. The second-order valence-corrected chi connectivity index (χ2v) is 5.46. The van der Waals surface area contributed by atoms with Crippen LogP contribution in [0.15, 0.2) is 47.4 Å². The lowest BCUT2D eigenvalue weighted by atomic mass is 10.0. The summed E-state index contributed by atoms with van der Waals surface area (Å²) in [5.74, 6) is 0.893. The van der Waals surface area contributed by atoms with Crippen LogP contribution in [0, 0.1) is 6.92 Å². The number of methoxy groups -OCH3 is 1. The molecule has 0 saturated heterocycles. The van der Waals surface area contributed by atoms with Crippen molar-refractivity contribution >= 4 is 17.5 Å². The molecule has 20 heavy (non-hydrogen) atoms. The molecule has 0 amide bonds. The number of ketones is 1. The molecule has 0 unspecified atom stereocenters. The monoisotopic (exact) mass is 286 g/mol. The van der Waals surface area contributed by atoms with Gasteiger partial charge in [0.25, 0.3) is 0 Å². The van der Waals surface area contributed by atoms with Gasteiger partial charge in [-0.2, -0.15) is 0 Å². The van der Waals surface area contributed by atoms with Crippen LogP contribution in [0.2, 0.25) is 0 Å². The molecule has 2 nitrogen and oxygen atoms in total. The summed E-state index contributed by atoms with van der Waals surface area (Å²) in [4.78, 5) is 13.5. The van der Waals surface area contributed by atoms with Gasteiger partial charge in [-0.15, -0.1) is 11.8 Å². The van der Waals surface area contributed by atoms with Crippen LogP contribution >= 0.6 is 11.8 Å². The molecule has 0 aliphatic carbocycles. The van der Waals surface area contributed by atoms with E-state index in [1.54, 1.807) is 18.9 Å². The standard InChI is InChI=1S/C17H18O2S/c1-12-8-9-16(19-2)13(10-12)11-15(18)14-6-4-5-7-17(14)20-3/h4-10H,11H2,1-3H3. The number of carbonyl (C=O) groups is 1. The van der Waals surface area contributed by atoms with Gasteiger partial charge in [-0.25, -0.2) is 0 Å².